The van der Waals surface area contributed by atoms with Crippen LogP contribution in [0.5, 0.6) is 0 Å². The van der Waals surface area contributed by atoms with Crippen molar-refractivity contribution in [3.05, 3.63) is 40.9 Å². The third kappa shape index (κ3) is 1.97. The summed E-state index contributed by atoms with van der Waals surface area (Å²) in [5.74, 6) is -0.00383. The van der Waals surface area contributed by atoms with Crippen molar-refractivity contribution in [3.8, 4) is 11.3 Å². The van der Waals surface area contributed by atoms with Crippen molar-refractivity contribution in [3.63, 3.8) is 0 Å². The van der Waals surface area contributed by atoms with Gasteiger partial charge in [-0.1, -0.05) is 11.6 Å². The van der Waals surface area contributed by atoms with E-state index in [2.05, 4.69) is 9.97 Å². The molecule has 0 spiro atoms. The monoisotopic (exact) mass is 237 g/mol. The number of nitrogens with two attached hydrogens (primary N) is 1. The van der Waals surface area contributed by atoms with Crippen LogP contribution in [0.4, 0.5) is 10.2 Å². The Kier molecular flexibility index (Phi) is 2.75. The van der Waals surface area contributed by atoms with E-state index in [-0.39, 0.29) is 5.82 Å². The zero-order valence-corrected chi connectivity index (χ0v) is 9.29. The Morgan fingerprint density at radius 1 is 1.25 bits per heavy atom. The molecule has 2 rings (SSSR count). The summed E-state index contributed by atoms with van der Waals surface area (Å²) in [5, 5.41) is 0.308. The van der Waals surface area contributed by atoms with Crippen LogP contribution in [-0.4, -0.2) is 9.97 Å². The molecular formula is C11H9ClFN3. The molecule has 1 heterocycles. The summed E-state index contributed by atoms with van der Waals surface area (Å²) in [6.45, 7) is 1.67. The number of halogens is 2. The van der Waals surface area contributed by atoms with Crippen LogP contribution < -0.4 is 5.73 Å². The number of nitrogens with zero attached hydrogens (tertiary/aromatic N) is 2. The lowest BCUT2D eigenvalue weighted by atomic mass is 10.1. The summed E-state index contributed by atoms with van der Waals surface area (Å²) in [5.41, 5.74) is 7.16. The Morgan fingerprint density at radius 3 is 2.62 bits per heavy atom. The largest absolute Gasteiger partial charge is 0.382 e. The van der Waals surface area contributed by atoms with Crippen LogP contribution in [0.15, 0.2) is 24.5 Å². The van der Waals surface area contributed by atoms with E-state index in [1.807, 2.05) is 0 Å². The Hall–Kier alpha value is -1.68. The van der Waals surface area contributed by atoms with Gasteiger partial charge in [-0.2, -0.15) is 0 Å². The molecule has 16 heavy (non-hydrogen) atoms. The van der Waals surface area contributed by atoms with E-state index in [4.69, 9.17) is 17.3 Å². The van der Waals surface area contributed by atoms with Crippen LogP contribution in [0.25, 0.3) is 11.3 Å². The standard InChI is InChI=1S/C11H9ClFN3/c1-6-2-7(8(12)3-9(6)13)10-4-16-11(14)5-15-10/h2-5H,1H3,(H2,14,16). The third-order valence-electron chi connectivity index (χ3n) is 2.20. The number of hydrogen-bond acceptors (Lipinski definition) is 3. The minimum Gasteiger partial charge on any atom is -0.382 e. The fourth-order valence-corrected chi connectivity index (χ4v) is 1.58. The SMILES string of the molecule is Cc1cc(-c2cnc(N)cn2)c(Cl)cc1F. The average Bonchev–Trinajstić information content (AvgIpc) is 2.25. The van der Waals surface area contributed by atoms with E-state index >= 15 is 0 Å². The molecule has 0 aliphatic heterocycles. The zero-order chi connectivity index (χ0) is 11.7. The first-order valence-electron chi connectivity index (χ1n) is 4.61. The van der Waals surface area contributed by atoms with Crippen molar-refractivity contribution in [1.82, 2.24) is 9.97 Å². The van der Waals surface area contributed by atoms with Gasteiger partial charge < -0.3 is 5.73 Å². The molecule has 82 valence electrons. The van der Waals surface area contributed by atoms with Crippen molar-refractivity contribution in [1.29, 1.82) is 0 Å². The smallest absolute Gasteiger partial charge is 0.141 e. The fourth-order valence-electron chi connectivity index (χ4n) is 1.33. The van der Waals surface area contributed by atoms with Crippen LogP contribution in [0.2, 0.25) is 5.02 Å². The summed E-state index contributed by atoms with van der Waals surface area (Å²) in [6, 6.07) is 2.90. The minimum atomic E-state index is -0.336. The first kappa shape index (κ1) is 10.8. The van der Waals surface area contributed by atoms with E-state index in [0.717, 1.165) is 0 Å². The molecule has 1 aromatic carbocycles. The van der Waals surface area contributed by atoms with Gasteiger partial charge in [0.05, 0.1) is 23.1 Å². The molecule has 0 atom stereocenters. The number of aromatic nitrogens is 2. The molecular weight excluding hydrogens is 229 g/mol. The summed E-state index contributed by atoms with van der Waals surface area (Å²) < 4.78 is 13.2. The van der Waals surface area contributed by atoms with Gasteiger partial charge in [-0.25, -0.2) is 9.37 Å². The Labute approximate surface area is 97.1 Å². The number of rotatable bonds is 1. The van der Waals surface area contributed by atoms with Gasteiger partial charge in [0, 0.05) is 5.56 Å². The number of aryl methyl sites for hydroxylation is 1. The van der Waals surface area contributed by atoms with Crippen LogP contribution in [0.3, 0.4) is 0 Å². The highest BCUT2D eigenvalue weighted by molar-refractivity contribution is 6.33. The highest BCUT2D eigenvalue weighted by Crippen LogP contribution is 2.28. The molecule has 2 aromatic rings. The van der Waals surface area contributed by atoms with Gasteiger partial charge in [0.15, 0.2) is 0 Å². The second-order valence-corrected chi connectivity index (χ2v) is 3.81. The lowest BCUT2D eigenvalue weighted by molar-refractivity contribution is 0.619. The first-order valence-corrected chi connectivity index (χ1v) is 4.99. The predicted octanol–water partition coefficient (Wildman–Crippen LogP) is 2.83. The highest BCUT2D eigenvalue weighted by Gasteiger charge is 2.09. The van der Waals surface area contributed by atoms with Crippen LogP contribution in [0, 0.1) is 12.7 Å². The third-order valence-corrected chi connectivity index (χ3v) is 2.51. The molecule has 2 N–H and O–H groups in total. The second kappa shape index (κ2) is 4.06. The average molecular weight is 238 g/mol. The summed E-state index contributed by atoms with van der Waals surface area (Å²) >= 11 is 5.94. The normalized spacial score (nSPS) is 10.4. The Balaban J connectivity index is 2.56. The lowest BCUT2D eigenvalue weighted by Gasteiger charge is -2.05. The van der Waals surface area contributed by atoms with E-state index < -0.39 is 0 Å². The van der Waals surface area contributed by atoms with E-state index in [1.54, 1.807) is 13.0 Å². The fraction of sp³-hybridized carbons (Fsp3) is 0.0909. The van der Waals surface area contributed by atoms with Gasteiger partial charge in [0.2, 0.25) is 0 Å². The molecule has 0 bridgehead atoms. The zero-order valence-electron chi connectivity index (χ0n) is 8.54. The van der Waals surface area contributed by atoms with E-state index in [1.165, 1.54) is 18.5 Å². The van der Waals surface area contributed by atoms with Crippen molar-refractivity contribution < 1.29 is 4.39 Å². The number of nitrogen functional groups attached to an aromatic ring is 1. The quantitative estimate of drug-likeness (QED) is 0.830. The summed E-state index contributed by atoms with van der Waals surface area (Å²) in [7, 11) is 0. The van der Waals surface area contributed by atoms with Crippen molar-refractivity contribution in [2.24, 2.45) is 0 Å². The molecule has 0 aliphatic carbocycles. The molecule has 1 aromatic heterocycles. The number of benzene rings is 1. The Morgan fingerprint density at radius 2 is 2.00 bits per heavy atom. The molecule has 5 heteroatoms. The number of anilines is 1. The van der Waals surface area contributed by atoms with Gasteiger partial charge >= 0.3 is 0 Å². The maximum Gasteiger partial charge on any atom is 0.141 e. The second-order valence-electron chi connectivity index (χ2n) is 3.41. The van der Waals surface area contributed by atoms with Crippen LogP contribution in [-0.2, 0) is 0 Å². The molecule has 0 saturated heterocycles. The predicted molar refractivity (Wildman–Crippen MR) is 61.6 cm³/mol. The van der Waals surface area contributed by atoms with Crippen molar-refractivity contribution >= 4 is 17.4 Å². The van der Waals surface area contributed by atoms with Gasteiger partial charge in [-0.3, -0.25) is 4.98 Å². The molecule has 0 aliphatic rings. The summed E-state index contributed by atoms with van der Waals surface area (Å²) in [6.07, 6.45) is 2.94. The lowest BCUT2D eigenvalue weighted by Crippen LogP contribution is -1.94. The first-order chi connectivity index (χ1) is 7.58. The maximum absolute atomic E-state index is 13.2. The Bertz CT molecular complexity index is 525. The van der Waals surface area contributed by atoms with Gasteiger partial charge in [-0.15, -0.1) is 0 Å². The molecule has 0 radical (unpaired) electrons. The molecule has 0 fully saturated rings. The maximum atomic E-state index is 13.2. The van der Waals surface area contributed by atoms with Crippen LogP contribution >= 0.6 is 11.6 Å². The number of hydrogen-bond donors (Lipinski definition) is 1. The van der Waals surface area contributed by atoms with Crippen molar-refractivity contribution in [2.45, 2.75) is 6.92 Å². The highest BCUT2D eigenvalue weighted by atomic mass is 35.5. The van der Waals surface area contributed by atoms with E-state index in [0.29, 0.717) is 27.7 Å². The molecule has 0 saturated carbocycles. The van der Waals surface area contributed by atoms with Crippen molar-refractivity contribution in [2.75, 3.05) is 5.73 Å². The van der Waals surface area contributed by atoms with Crippen LogP contribution in [0.1, 0.15) is 5.56 Å². The summed E-state index contributed by atoms with van der Waals surface area (Å²) in [4.78, 5) is 8.00. The van der Waals surface area contributed by atoms with Gasteiger partial charge in [-0.05, 0) is 24.6 Å². The van der Waals surface area contributed by atoms with E-state index in [9.17, 15) is 4.39 Å². The topological polar surface area (TPSA) is 51.8 Å². The molecule has 0 unspecified atom stereocenters. The van der Waals surface area contributed by atoms with Gasteiger partial charge in [0.1, 0.15) is 11.6 Å². The van der Waals surface area contributed by atoms with Gasteiger partial charge in [0.25, 0.3) is 0 Å². The minimum absolute atomic E-state index is 0.308. The molecule has 3 nitrogen and oxygen atoms in total. The molecule has 0 amide bonds.